The second kappa shape index (κ2) is 10.2. The Labute approximate surface area is 177 Å². The van der Waals surface area contributed by atoms with Crippen molar-refractivity contribution in [1.82, 2.24) is 19.4 Å². The smallest absolute Gasteiger partial charge is 0.226 e. The van der Waals surface area contributed by atoms with Crippen LogP contribution in [0.5, 0.6) is 0 Å². The summed E-state index contributed by atoms with van der Waals surface area (Å²) < 4.78 is 21.0. The fraction of sp³-hybridized carbons (Fsp3) is 0.565. The van der Waals surface area contributed by atoms with E-state index in [1.165, 1.54) is 6.07 Å². The van der Waals surface area contributed by atoms with Crippen LogP contribution < -0.4 is 0 Å². The summed E-state index contributed by atoms with van der Waals surface area (Å²) in [6.07, 6.45) is 7.92. The molecule has 2 fully saturated rings. The molecule has 1 aliphatic heterocycles. The Morgan fingerprint density at radius 3 is 2.80 bits per heavy atom. The topological polar surface area (TPSA) is 50.6 Å². The molecule has 1 saturated carbocycles. The zero-order chi connectivity index (χ0) is 20.8. The van der Waals surface area contributed by atoms with E-state index in [0.717, 1.165) is 69.9 Å². The molecule has 162 valence electrons. The first-order valence-corrected chi connectivity index (χ1v) is 11.0. The fourth-order valence-corrected chi connectivity index (χ4v) is 4.42. The number of halogens is 1. The summed E-state index contributed by atoms with van der Waals surface area (Å²) >= 11 is 0. The molecule has 2 aromatic rings. The maximum atomic E-state index is 13.6. The number of hydrogen-bond acceptors (Lipinski definition) is 4. The Kier molecular flexibility index (Phi) is 7.12. The average molecular weight is 415 g/mol. The molecule has 1 aliphatic carbocycles. The Morgan fingerprint density at radius 2 is 2.03 bits per heavy atom. The predicted octanol–water partition coefficient (Wildman–Crippen LogP) is 2.92. The van der Waals surface area contributed by atoms with Crippen molar-refractivity contribution in [3.05, 3.63) is 53.9 Å². The fourth-order valence-electron chi connectivity index (χ4n) is 4.42. The van der Waals surface area contributed by atoms with Crippen molar-refractivity contribution in [2.75, 3.05) is 39.4 Å². The predicted molar refractivity (Wildman–Crippen MR) is 112 cm³/mol. The first-order chi connectivity index (χ1) is 14.7. The number of ether oxygens (including phenoxy) is 1. The molecule has 7 heteroatoms. The summed E-state index contributed by atoms with van der Waals surface area (Å²) in [4.78, 5) is 22.1. The van der Waals surface area contributed by atoms with Crippen molar-refractivity contribution in [2.24, 2.45) is 5.92 Å². The van der Waals surface area contributed by atoms with Gasteiger partial charge in [0.1, 0.15) is 11.6 Å². The van der Waals surface area contributed by atoms with Crippen molar-refractivity contribution >= 4 is 5.91 Å². The van der Waals surface area contributed by atoms with E-state index in [1.807, 2.05) is 21.7 Å². The van der Waals surface area contributed by atoms with Crippen LogP contribution in [-0.4, -0.2) is 64.7 Å². The number of carbonyl (C=O) groups excluding carboxylic acids is 1. The Morgan fingerprint density at radius 1 is 1.23 bits per heavy atom. The minimum atomic E-state index is -0.238. The van der Waals surface area contributed by atoms with E-state index in [2.05, 4.69) is 9.88 Å². The lowest BCUT2D eigenvalue weighted by molar-refractivity contribution is -0.136. The van der Waals surface area contributed by atoms with Gasteiger partial charge in [-0.1, -0.05) is 25.0 Å². The third-order valence-corrected chi connectivity index (χ3v) is 6.18. The number of hydrogen-bond donors (Lipinski definition) is 0. The van der Waals surface area contributed by atoms with Crippen LogP contribution in [0.2, 0.25) is 0 Å². The molecule has 0 radical (unpaired) electrons. The number of carbonyl (C=O) groups is 1. The number of aromatic nitrogens is 2. The third-order valence-electron chi connectivity index (χ3n) is 6.18. The normalized spacial score (nSPS) is 18.0. The summed E-state index contributed by atoms with van der Waals surface area (Å²) in [6, 6.07) is 6.63. The highest BCUT2D eigenvalue weighted by atomic mass is 19.1. The van der Waals surface area contributed by atoms with Crippen molar-refractivity contribution in [1.29, 1.82) is 0 Å². The zero-order valence-electron chi connectivity index (χ0n) is 17.5. The highest BCUT2D eigenvalue weighted by Crippen LogP contribution is 2.27. The van der Waals surface area contributed by atoms with Crippen LogP contribution in [0.25, 0.3) is 0 Å². The van der Waals surface area contributed by atoms with Crippen molar-refractivity contribution in [3.63, 3.8) is 0 Å². The molecule has 1 saturated heterocycles. The van der Waals surface area contributed by atoms with E-state index in [-0.39, 0.29) is 17.6 Å². The lowest BCUT2D eigenvalue weighted by Gasteiger charge is -2.31. The molecule has 2 heterocycles. The van der Waals surface area contributed by atoms with Crippen LogP contribution >= 0.6 is 0 Å². The van der Waals surface area contributed by atoms with Crippen molar-refractivity contribution in [2.45, 2.75) is 38.8 Å². The molecule has 1 aromatic heterocycles. The number of morpholine rings is 1. The summed E-state index contributed by atoms with van der Waals surface area (Å²) in [6.45, 7) is 5.93. The van der Waals surface area contributed by atoms with Crippen LogP contribution in [0.1, 0.15) is 37.1 Å². The quantitative estimate of drug-likeness (QED) is 0.667. The van der Waals surface area contributed by atoms with Gasteiger partial charge in [0, 0.05) is 51.0 Å². The van der Waals surface area contributed by atoms with Gasteiger partial charge in [-0.3, -0.25) is 9.69 Å². The summed E-state index contributed by atoms with van der Waals surface area (Å²) in [5.74, 6) is 0.993. The molecule has 30 heavy (non-hydrogen) atoms. The third kappa shape index (κ3) is 5.46. The summed E-state index contributed by atoms with van der Waals surface area (Å²) in [5.41, 5.74) is 0.885. The molecule has 0 atom stereocenters. The van der Waals surface area contributed by atoms with E-state index in [0.29, 0.717) is 19.6 Å². The Hall–Kier alpha value is -2.25. The van der Waals surface area contributed by atoms with E-state index >= 15 is 0 Å². The molecule has 0 N–H and O–H groups in total. The van der Waals surface area contributed by atoms with Gasteiger partial charge < -0.3 is 14.2 Å². The second-order valence-corrected chi connectivity index (χ2v) is 8.30. The molecular formula is C23H31FN4O2. The number of rotatable bonds is 8. The van der Waals surface area contributed by atoms with E-state index in [1.54, 1.807) is 18.3 Å². The molecular weight excluding hydrogens is 383 g/mol. The maximum absolute atomic E-state index is 13.6. The van der Waals surface area contributed by atoms with Gasteiger partial charge in [0.25, 0.3) is 0 Å². The minimum absolute atomic E-state index is 0.140. The van der Waals surface area contributed by atoms with Crippen LogP contribution in [0.15, 0.2) is 36.7 Å². The van der Waals surface area contributed by atoms with Crippen molar-refractivity contribution in [3.8, 4) is 0 Å². The van der Waals surface area contributed by atoms with Gasteiger partial charge in [0.05, 0.1) is 19.8 Å². The molecule has 0 unspecified atom stereocenters. The molecule has 6 nitrogen and oxygen atoms in total. The highest BCUT2D eigenvalue weighted by Gasteiger charge is 2.28. The van der Waals surface area contributed by atoms with Gasteiger partial charge in [0.2, 0.25) is 5.91 Å². The average Bonchev–Trinajstić information content (AvgIpc) is 3.44. The first-order valence-electron chi connectivity index (χ1n) is 11.0. The zero-order valence-corrected chi connectivity index (χ0v) is 17.5. The SMILES string of the molecule is O=C(C1CCCC1)N(CCN1CCOCC1)Cc1nccn1Cc1cccc(F)c1. The molecule has 0 bridgehead atoms. The lowest BCUT2D eigenvalue weighted by atomic mass is 10.1. The van der Waals surface area contributed by atoms with Gasteiger partial charge in [-0.05, 0) is 30.5 Å². The lowest BCUT2D eigenvalue weighted by Crippen LogP contribution is -2.44. The number of benzene rings is 1. The number of imidazole rings is 1. The van der Waals surface area contributed by atoms with E-state index in [4.69, 9.17) is 4.74 Å². The van der Waals surface area contributed by atoms with Crippen LogP contribution in [0, 0.1) is 11.7 Å². The second-order valence-electron chi connectivity index (χ2n) is 8.30. The maximum Gasteiger partial charge on any atom is 0.226 e. The van der Waals surface area contributed by atoms with E-state index < -0.39 is 0 Å². The van der Waals surface area contributed by atoms with Gasteiger partial charge in [0.15, 0.2) is 0 Å². The Bertz CT molecular complexity index is 828. The largest absolute Gasteiger partial charge is 0.379 e. The molecule has 1 aromatic carbocycles. The standard InChI is InChI=1S/C23H31FN4O2/c24-21-7-3-4-19(16-21)17-27-9-8-25-22(27)18-28(23(29)20-5-1-2-6-20)11-10-26-12-14-30-15-13-26/h3-4,7-9,16,20H,1-2,5-6,10-15,17-18H2. The van der Waals surface area contributed by atoms with Gasteiger partial charge in [-0.2, -0.15) is 0 Å². The minimum Gasteiger partial charge on any atom is -0.379 e. The Balaban J connectivity index is 1.45. The molecule has 0 spiro atoms. The van der Waals surface area contributed by atoms with Crippen LogP contribution in [0.3, 0.4) is 0 Å². The van der Waals surface area contributed by atoms with Crippen LogP contribution in [-0.2, 0) is 22.6 Å². The van der Waals surface area contributed by atoms with Gasteiger partial charge in [-0.25, -0.2) is 9.37 Å². The first kappa shape index (κ1) is 21.0. The molecule has 1 amide bonds. The highest BCUT2D eigenvalue weighted by molar-refractivity contribution is 5.79. The summed E-state index contributed by atoms with van der Waals surface area (Å²) in [5, 5.41) is 0. The number of nitrogens with zero attached hydrogens (tertiary/aromatic N) is 4. The van der Waals surface area contributed by atoms with Gasteiger partial charge in [-0.15, -0.1) is 0 Å². The van der Waals surface area contributed by atoms with Crippen LogP contribution in [0.4, 0.5) is 4.39 Å². The van der Waals surface area contributed by atoms with Gasteiger partial charge >= 0.3 is 0 Å². The molecule has 4 rings (SSSR count). The van der Waals surface area contributed by atoms with Crippen molar-refractivity contribution < 1.29 is 13.9 Å². The monoisotopic (exact) mass is 414 g/mol. The summed E-state index contributed by atoms with van der Waals surface area (Å²) in [7, 11) is 0. The number of amides is 1. The molecule has 2 aliphatic rings. The van der Waals surface area contributed by atoms with E-state index in [9.17, 15) is 9.18 Å².